The van der Waals surface area contributed by atoms with Gasteiger partial charge in [0.2, 0.25) is 0 Å². The van der Waals surface area contributed by atoms with Crippen LogP contribution in [0.3, 0.4) is 0 Å². The van der Waals surface area contributed by atoms with Crippen LogP contribution in [0, 0.1) is 0 Å². The van der Waals surface area contributed by atoms with E-state index in [0.717, 1.165) is 12.0 Å². The summed E-state index contributed by atoms with van der Waals surface area (Å²) in [6, 6.07) is 3.18. The van der Waals surface area contributed by atoms with Crippen LogP contribution in [-0.2, 0) is 0 Å². The highest BCUT2D eigenvalue weighted by Gasteiger charge is 2.10. The first kappa shape index (κ1) is 10.6. The quantitative estimate of drug-likeness (QED) is 0.804. The van der Waals surface area contributed by atoms with Crippen LogP contribution in [0.25, 0.3) is 0 Å². The minimum absolute atomic E-state index is 0.0874. The number of hydrogen-bond donors (Lipinski definition) is 2. The molecule has 0 saturated carbocycles. The monoisotopic (exact) mass is 219 g/mol. The minimum atomic E-state index is -0.0876. The van der Waals surface area contributed by atoms with Crippen LogP contribution in [0.4, 0.5) is 0 Å². The highest BCUT2D eigenvalue weighted by molar-refractivity contribution is 6.37. The second kappa shape index (κ2) is 4.18. The van der Waals surface area contributed by atoms with Crippen molar-refractivity contribution in [3.8, 4) is 5.75 Å². The van der Waals surface area contributed by atoms with Crippen molar-refractivity contribution in [2.75, 3.05) is 0 Å². The molecule has 0 unspecified atom stereocenters. The molecule has 72 valence electrons. The Hall–Kier alpha value is -0.440. The maximum atomic E-state index is 9.28. The van der Waals surface area contributed by atoms with E-state index >= 15 is 0 Å². The summed E-state index contributed by atoms with van der Waals surface area (Å²) in [5.41, 5.74) is 6.63. The van der Waals surface area contributed by atoms with Crippen molar-refractivity contribution < 1.29 is 5.11 Å². The van der Waals surface area contributed by atoms with E-state index in [9.17, 15) is 5.11 Å². The Kier molecular flexibility index (Phi) is 3.42. The SMILES string of the molecule is CC[C@H](N)c1cc(Cl)c(O)c(Cl)c1. The van der Waals surface area contributed by atoms with Crippen LogP contribution in [0.5, 0.6) is 5.75 Å². The fourth-order valence-corrected chi connectivity index (χ4v) is 1.54. The van der Waals surface area contributed by atoms with Crippen molar-refractivity contribution in [2.24, 2.45) is 5.73 Å². The van der Waals surface area contributed by atoms with Gasteiger partial charge in [-0.15, -0.1) is 0 Å². The third kappa shape index (κ3) is 2.27. The van der Waals surface area contributed by atoms with E-state index in [1.807, 2.05) is 6.92 Å². The lowest BCUT2D eigenvalue weighted by molar-refractivity contribution is 0.475. The number of benzene rings is 1. The standard InChI is InChI=1S/C9H11Cl2NO/c1-2-8(12)5-3-6(10)9(13)7(11)4-5/h3-4,8,13H,2,12H2,1H3/t8-/m0/s1. The molecule has 0 fully saturated rings. The molecule has 0 aromatic heterocycles. The van der Waals surface area contributed by atoms with Gasteiger partial charge in [0.25, 0.3) is 0 Å². The van der Waals surface area contributed by atoms with E-state index in [-0.39, 0.29) is 21.8 Å². The zero-order valence-corrected chi connectivity index (χ0v) is 8.73. The molecule has 1 atom stereocenters. The van der Waals surface area contributed by atoms with E-state index in [1.54, 1.807) is 12.1 Å². The Morgan fingerprint density at radius 3 is 2.23 bits per heavy atom. The Morgan fingerprint density at radius 2 is 1.85 bits per heavy atom. The molecular weight excluding hydrogens is 209 g/mol. The van der Waals surface area contributed by atoms with Gasteiger partial charge in [-0.25, -0.2) is 0 Å². The van der Waals surface area contributed by atoms with Gasteiger partial charge < -0.3 is 10.8 Å². The zero-order valence-electron chi connectivity index (χ0n) is 7.22. The molecule has 0 amide bonds. The first-order valence-corrected chi connectivity index (χ1v) is 4.75. The predicted molar refractivity (Wildman–Crippen MR) is 55.3 cm³/mol. The fraction of sp³-hybridized carbons (Fsp3) is 0.333. The van der Waals surface area contributed by atoms with Gasteiger partial charge in [-0.05, 0) is 24.1 Å². The molecule has 0 aliphatic heterocycles. The number of phenols is 1. The normalized spacial score (nSPS) is 12.9. The molecule has 1 aromatic carbocycles. The van der Waals surface area contributed by atoms with Crippen LogP contribution in [-0.4, -0.2) is 5.11 Å². The molecule has 0 spiro atoms. The summed E-state index contributed by atoms with van der Waals surface area (Å²) in [6.45, 7) is 1.97. The number of hydrogen-bond acceptors (Lipinski definition) is 2. The first-order valence-electron chi connectivity index (χ1n) is 3.99. The number of nitrogens with two attached hydrogens (primary N) is 1. The van der Waals surface area contributed by atoms with Gasteiger partial charge in [0.15, 0.2) is 5.75 Å². The number of phenolic OH excluding ortho intramolecular Hbond substituents is 1. The molecule has 3 N–H and O–H groups in total. The molecule has 13 heavy (non-hydrogen) atoms. The highest BCUT2D eigenvalue weighted by atomic mass is 35.5. The Morgan fingerprint density at radius 1 is 1.38 bits per heavy atom. The number of halogens is 2. The first-order chi connectivity index (χ1) is 6.06. The second-order valence-electron chi connectivity index (χ2n) is 2.85. The van der Waals surface area contributed by atoms with Gasteiger partial charge in [-0.2, -0.15) is 0 Å². The van der Waals surface area contributed by atoms with Crippen LogP contribution in [0.15, 0.2) is 12.1 Å². The van der Waals surface area contributed by atoms with Gasteiger partial charge in [0, 0.05) is 6.04 Å². The fourth-order valence-electron chi connectivity index (χ4n) is 1.03. The summed E-state index contributed by atoms with van der Waals surface area (Å²) in [7, 11) is 0. The lowest BCUT2D eigenvalue weighted by atomic mass is 10.1. The lowest BCUT2D eigenvalue weighted by Crippen LogP contribution is -2.08. The van der Waals surface area contributed by atoms with E-state index in [0.29, 0.717) is 0 Å². The smallest absolute Gasteiger partial charge is 0.152 e. The average molecular weight is 220 g/mol. The third-order valence-electron chi connectivity index (χ3n) is 1.91. The van der Waals surface area contributed by atoms with Crippen molar-refractivity contribution in [1.82, 2.24) is 0 Å². The topological polar surface area (TPSA) is 46.2 Å². The minimum Gasteiger partial charge on any atom is -0.505 e. The van der Waals surface area contributed by atoms with E-state index in [4.69, 9.17) is 28.9 Å². The van der Waals surface area contributed by atoms with Gasteiger partial charge in [0.1, 0.15) is 0 Å². The summed E-state index contributed by atoms with van der Waals surface area (Å²) in [4.78, 5) is 0. The van der Waals surface area contributed by atoms with Crippen LogP contribution in [0.1, 0.15) is 24.9 Å². The van der Waals surface area contributed by atoms with Gasteiger partial charge in [-0.3, -0.25) is 0 Å². The highest BCUT2D eigenvalue weighted by Crippen LogP contribution is 2.34. The predicted octanol–water partition coefficient (Wildman–Crippen LogP) is 3.11. The molecule has 0 radical (unpaired) electrons. The maximum Gasteiger partial charge on any atom is 0.152 e. The molecule has 1 rings (SSSR count). The molecule has 1 aromatic rings. The Bertz CT molecular complexity index is 291. The van der Waals surface area contributed by atoms with E-state index in [2.05, 4.69) is 0 Å². The second-order valence-corrected chi connectivity index (χ2v) is 3.66. The van der Waals surface area contributed by atoms with Crippen molar-refractivity contribution >= 4 is 23.2 Å². The average Bonchev–Trinajstić information content (AvgIpc) is 2.12. The van der Waals surface area contributed by atoms with Gasteiger partial charge in [0.05, 0.1) is 10.0 Å². The lowest BCUT2D eigenvalue weighted by Gasteiger charge is -2.10. The zero-order chi connectivity index (χ0) is 10.0. The van der Waals surface area contributed by atoms with Crippen LogP contribution in [0.2, 0.25) is 10.0 Å². The summed E-state index contributed by atoms with van der Waals surface area (Å²) in [6.07, 6.45) is 0.803. The van der Waals surface area contributed by atoms with Crippen molar-refractivity contribution in [2.45, 2.75) is 19.4 Å². The van der Waals surface area contributed by atoms with Crippen molar-refractivity contribution in [3.63, 3.8) is 0 Å². The molecule has 0 bridgehead atoms. The van der Waals surface area contributed by atoms with Crippen LogP contribution >= 0.6 is 23.2 Å². The Balaban J connectivity index is 3.13. The molecule has 0 saturated heterocycles. The summed E-state index contributed by atoms with van der Waals surface area (Å²) in [5.74, 6) is -0.0876. The summed E-state index contributed by atoms with van der Waals surface area (Å²) in [5, 5.41) is 9.76. The van der Waals surface area contributed by atoms with Crippen LogP contribution < -0.4 is 5.73 Å². The summed E-state index contributed by atoms with van der Waals surface area (Å²) >= 11 is 11.5. The third-order valence-corrected chi connectivity index (χ3v) is 2.48. The van der Waals surface area contributed by atoms with Gasteiger partial charge >= 0.3 is 0 Å². The van der Waals surface area contributed by atoms with Gasteiger partial charge in [-0.1, -0.05) is 30.1 Å². The number of aromatic hydroxyl groups is 1. The van der Waals surface area contributed by atoms with Crippen molar-refractivity contribution in [1.29, 1.82) is 0 Å². The largest absolute Gasteiger partial charge is 0.505 e. The van der Waals surface area contributed by atoms with E-state index in [1.165, 1.54) is 0 Å². The molecule has 0 heterocycles. The molecule has 0 aliphatic carbocycles. The molecular formula is C9H11Cl2NO. The van der Waals surface area contributed by atoms with E-state index < -0.39 is 0 Å². The van der Waals surface area contributed by atoms with Crippen molar-refractivity contribution in [3.05, 3.63) is 27.7 Å². The summed E-state index contributed by atoms with van der Waals surface area (Å²) < 4.78 is 0. The maximum absolute atomic E-state index is 9.28. The molecule has 2 nitrogen and oxygen atoms in total. The Labute approximate surface area is 87.3 Å². The molecule has 0 aliphatic rings. The number of rotatable bonds is 2. The molecule has 4 heteroatoms.